The SMILES string of the molecule is CC1CC(C)CN(C(=O)c2ccccc2NC(=O)C(C)Sc2ccccc2)C1. The van der Waals surface area contributed by atoms with E-state index in [-0.39, 0.29) is 17.1 Å². The lowest BCUT2D eigenvalue weighted by molar-refractivity contribution is -0.115. The van der Waals surface area contributed by atoms with Crippen LogP contribution in [0.25, 0.3) is 0 Å². The van der Waals surface area contributed by atoms with Crippen LogP contribution in [0.1, 0.15) is 37.6 Å². The van der Waals surface area contributed by atoms with E-state index >= 15 is 0 Å². The molecule has 2 aromatic carbocycles. The van der Waals surface area contributed by atoms with E-state index in [4.69, 9.17) is 0 Å². The molecule has 2 amide bonds. The topological polar surface area (TPSA) is 49.4 Å². The minimum atomic E-state index is -0.263. The summed E-state index contributed by atoms with van der Waals surface area (Å²) < 4.78 is 0. The van der Waals surface area contributed by atoms with Crippen molar-refractivity contribution in [2.24, 2.45) is 11.8 Å². The summed E-state index contributed by atoms with van der Waals surface area (Å²) in [5.74, 6) is 0.889. The molecule has 1 heterocycles. The fraction of sp³-hybridized carbons (Fsp3) is 0.391. The van der Waals surface area contributed by atoms with E-state index in [2.05, 4.69) is 19.2 Å². The number of carbonyl (C=O) groups excluding carboxylic acids is 2. The first-order chi connectivity index (χ1) is 13.4. The van der Waals surface area contributed by atoms with Crippen LogP contribution in [-0.4, -0.2) is 35.1 Å². The molecule has 4 nitrogen and oxygen atoms in total. The number of hydrogen-bond acceptors (Lipinski definition) is 3. The van der Waals surface area contributed by atoms with Crippen molar-refractivity contribution in [2.45, 2.75) is 37.3 Å². The predicted octanol–water partition coefficient (Wildman–Crippen LogP) is 4.92. The summed E-state index contributed by atoms with van der Waals surface area (Å²) in [5.41, 5.74) is 1.15. The van der Waals surface area contributed by atoms with Crippen LogP contribution in [0.5, 0.6) is 0 Å². The minimum Gasteiger partial charge on any atom is -0.338 e. The average Bonchev–Trinajstić information content (AvgIpc) is 2.68. The fourth-order valence-electron chi connectivity index (χ4n) is 3.77. The zero-order valence-corrected chi connectivity index (χ0v) is 17.5. The second kappa shape index (κ2) is 9.28. The molecule has 0 aliphatic carbocycles. The molecule has 3 rings (SSSR count). The summed E-state index contributed by atoms with van der Waals surface area (Å²) in [6, 6.07) is 17.2. The van der Waals surface area contributed by atoms with Crippen LogP contribution in [-0.2, 0) is 4.79 Å². The molecule has 1 aliphatic heterocycles. The van der Waals surface area contributed by atoms with Gasteiger partial charge in [0.2, 0.25) is 5.91 Å². The molecule has 1 N–H and O–H groups in total. The van der Waals surface area contributed by atoms with Crippen molar-refractivity contribution in [3.63, 3.8) is 0 Å². The number of thioether (sulfide) groups is 1. The normalized spacial score (nSPS) is 20.5. The quantitative estimate of drug-likeness (QED) is 0.730. The molecule has 0 aromatic heterocycles. The van der Waals surface area contributed by atoms with E-state index in [0.717, 1.165) is 24.4 Å². The largest absolute Gasteiger partial charge is 0.338 e. The molecule has 0 saturated carbocycles. The summed E-state index contributed by atoms with van der Waals surface area (Å²) in [5, 5.41) is 2.70. The molecule has 5 heteroatoms. The third-order valence-corrected chi connectivity index (χ3v) is 6.11. The van der Waals surface area contributed by atoms with Crippen LogP contribution >= 0.6 is 11.8 Å². The predicted molar refractivity (Wildman–Crippen MR) is 116 cm³/mol. The zero-order chi connectivity index (χ0) is 20.1. The Morgan fingerprint density at radius 1 is 1.00 bits per heavy atom. The van der Waals surface area contributed by atoms with Gasteiger partial charge in [0.15, 0.2) is 0 Å². The van der Waals surface area contributed by atoms with E-state index in [9.17, 15) is 9.59 Å². The molecule has 3 atom stereocenters. The third-order valence-electron chi connectivity index (χ3n) is 5.00. The van der Waals surface area contributed by atoms with Crippen LogP contribution in [0.15, 0.2) is 59.5 Å². The third kappa shape index (κ3) is 5.16. The monoisotopic (exact) mass is 396 g/mol. The molecule has 28 heavy (non-hydrogen) atoms. The van der Waals surface area contributed by atoms with E-state index in [1.54, 1.807) is 6.07 Å². The summed E-state index contributed by atoms with van der Waals surface area (Å²) in [6.45, 7) is 7.79. The lowest BCUT2D eigenvalue weighted by Crippen LogP contribution is -2.42. The van der Waals surface area contributed by atoms with Crippen LogP contribution in [0.4, 0.5) is 5.69 Å². The van der Waals surface area contributed by atoms with Gasteiger partial charge in [0.05, 0.1) is 16.5 Å². The molecule has 0 radical (unpaired) electrons. The standard InChI is InChI=1S/C23H28N2O2S/c1-16-13-17(2)15-25(14-16)23(27)20-11-7-8-12-21(20)24-22(26)18(3)28-19-9-5-4-6-10-19/h4-12,16-18H,13-15H2,1-3H3,(H,24,26). The van der Waals surface area contributed by atoms with Gasteiger partial charge in [-0.25, -0.2) is 0 Å². The van der Waals surface area contributed by atoms with Crippen molar-refractivity contribution in [1.29, 1.82) is 0 Å². The van der Waals surface area contributed by atoms with Gasteiger partial charge in [-0.3, -0.25) is 9.59 Å². The van der Waals surface area contributed by atoms with Crippen molar-refractivity contribution >= 4 is 29.3 Å². The highest BCUT2D eigenvalue weighted by atomic mass is 32.2. The average molecular weight is 397 g/mol. The van der Waals surface area contributed by atoms with Crippen molar-refractivity contribution in [2.75, 3.05) is 18.4 Å². The number of nitrogens with zero attached hydrogens (tertiary/aromatic N) is 1. The Hall–Kier alpha value is -2.27. The molecular weight excluding hydrogens is 368 g/mol. The smallest absolute Gasteiger partial charge is 0.255 e. The van der Waals surface area contributed by atoms with Crippen molar-refractivity contribution in [1.82, 2.24) is 4.90 Å². The first-order valence-electron chi connectivity index (χ1n) is 9.85. The lowest BCUT2D eigenvalue weighted by Gasteiger charge is -2.35. The highest BCUT2D eigenvalue weighted by Gasteiger charge is 2.27. The Balaban J connectivity index is 1.71. The van der Waals surface area contributed by atoms with Crippen molar-refractivity contribution in [3.05, 3.63) is 60.2 Å². The number of likely N-dealkylation sites (tertiary alicyclic amines) is 1. The second-order valence-corrected chi connectivity index (χ2v) is 9.18. The van der Waals surface area contributed by atoms with Gasteiger partial charge in [-0.05, 0) is 49.4 Å². The molecule has 3 unspecified atom stereocenters. The van der Waals surface area contributed by atoms with E-state index in [1.165, 1.54) is 11.8 Å². The van der Waals surface area contributed by atoms with Gasteiger partial charge in [0, 0.05) is 18.0 Å². The van der Waals surface area contributed by atoms with Gasteiger partial charge < -0.3 is 10.2 Å². The number of anilines is 1. The Bertz CT molecular complexity index is 814. The maximum Gasteiger partial charge on any atom is 0.255 e. The first kappa shape index (κ1) is 20.5. The van der Waals surface area contributed by atoms with Gasteiger partial charge >= 0.3 is 0 Å². The molecule has 1 aliphatic rings. The number of rotatable bonds is 5. The Morgan fingerprint density at radius 3 is 2.29 bits per heavy atom. The van der Waals surface area contributed by atoms with Crippen molar-refractivity contribution < 1.29 is 9.59 Å². The Morgan fingerprint density at radius 2 is 1.61 bits per heavy atom. The lowest BCUT2D eigenvalue weighted by atomic mass is 9.91. The molecule has 148 valence electrons. The highest BCUT2D eigenvalue weighted by molar-refractivity contribution is 8.00. The second-order valence-electron chi connectivity index (χ2n) is 7.76. The van der Waals surface area contributed by atoms with Crippen LogP contribution < -0.4 is 5.32 Å². The molecule has 1 saturated heterocycles. The maximum absolute atomic E-state index is 13.1. The van der Waals surface area contributed by atoms with E-state index in [1.807, 2.05) is 60.4 Å². The zero-order valence-electron chi connectivity index (χ0n) is 16.7. The number of para-hydroxylation sites is 1. The summed E-state index contributed by atoms with van der Waals surface area (Å²) in [6.07, 6.45) is 1.15. The van der Waals surface area contributed by atoms with Gasteiger partial charge in [0.25, 0.3) is 5.91 Å². The van der Waals surface area contributed by atoms with Gasteiger partial charge in [-0.15, -0.1) is 11.8 Å². The maximum atomic E-state index is 13.1. The summed E-state index contributed by atoms with van der Waals surface area (Å²) in [7, 11) is 0. The number of piperidine rings is 1. The fourth-order valence-corrected chi connectivity index (χ4v) is 4.66. The van der Waals surface area contributed by atoms with E-state index in [0.29, 0.717) is 23.1 Å². The molecule has 2 aromatic rings. The number of amides is 2. The minimum absolute atomic E-state index is 0.00216. The summed E-state index contributed by atoms with van der Waals surface area (Å²) in [4.78, 5) is 28.8. The molecule has 0 bridgehead atoms. The Labute approximate surface area is 171 Å². The number of carbonyl (C=O) groups is 2. The van der Waals surface area contributed by atoms with Crippen molar-refractivity contribution in [3.8, 4) is 0 Å². The molecule has 1 fully saturated rings. The number of hydrogen-bond donors (Lipinski definition) is 1. The van der Waals surface area contributed by atoms with Gasteiger partial charge in [-0.2, -0.15) is 0 Å². The van der Waals surface area contributed by atoms with Gasteiger partial charge in [0.1, 0.15) is 0 Å². The van der Waals surface area contributed by atoms with E-state index < -0.39 is 0 Å². The van der Waals surface area contributed by atoms with Crippen LogP contribution in [0, 0.1) is 11.8 Å². The number of benzene rings is 2. The number of nitrogens with one attached hydrogen (secondary N) is 1. The van der Waals surface area contributed by atoms with Crippen LogP contribution in [0.2, 0.25) is 0 Å². The highest BCUT2D eigenvalue weighted by Crippen LogP contribution is 2.27. The molecule has 0 spiro atoms. The van der Waals surface area contributed by atoms with Crippen LogP contribution in [0.3, 0.4) is 0 Å². The Kier molecular flexibility index (Phi) is 6.79. The van der Waals surface area contributed by atoms with Gasteiger partial charge in [-0.1, -0.05) is 44.2 Å². The molecular formula is C23H28N2O2S. The first-order valence-corrected chi connectivity index (χ1v) is 10.7. The summed E-state index contributed by atoms with van der Waals surface area (Å²) >= 11 is 1.51.